The molecular formula is C15H22N2. The zero-order valence-corrected chi connectivity index (χ0v) is 10.9. The van der Waals surface area contributed by atoms with E-state index in [9.17, 15) is 0 Å². The second-order valence-electron chi connectivity index (χ2n) is 6.47. The molecule has 17 heavy (non-hydrogen) atoms. The average molecular weight is 230 g/mol. The number of aromatic nitrogens is 1. The number of nitrogens with zero attached hydrogens (tertiary/aromatic N) is 2. The Bertz CT molecular complexity index is 379. The number of rotatable bonds is 2. The van der Waals surface area contributed by atoms with Crippen molar-refractivity contribution in [1.29, 1.82) is 0 Å². The van der Waals surface area contributed by atoms with Gasteiger partial charge in [-0.25, -0.2) is 0 Å². The first-order valence-corrected chi connectivity index (χ1v) is 6.79. The summed E-state index contributed by atoms with van der Waals surface area (Å²) in [5.41, 5.74) is 1.85. The molecule has 0 spiro atoms. The van der Waals surface area contributed by atoms with E-state index in [2.05, 4.69) is 35.9 Å². The monoisotopic (exact) mass is 230 g/mol. The Balaban J connectivity index is 1.56. The molecule has 3 rings (SSSR count). The lowest BCUT2D eigenvalue weighted by atomic mass is 9.89. The molecular weight excluding hydrogens is 208 g/mol. The Morgan fingerprint density at radius 1 is 1.29 bits per heavy atom. The minimum absolute atomic E-state index is 0.570. The van der Waals surface area contributed by atoms with Gasteiger partial charge in [0.1, 0.15) is 0 Å². The van der Waals surface area contributed by atoms with Crippen LogP contribution in [0, 0.1) is 5.41 Å². The first-order valence-electron chi connectivity index (χ1n) is 6.79. The van der Waals surface area contributed by atoms with Crippen molar-refractivity contribution in [2.75, 3.05) is 13.1 Å². The summed E-state index contributed by atoms with van der Waals surface area (Å²) in [5, 5.41) is 0. The molecule has 2 heterocycles. The lowest BCUT2D eigenvalue weighted by molar-refractivity contribution is 0.0866. The van der Waals surface area contributed by atoms with Crippen molar-refractivity contribution in [3.63, 3.8) is 0 Å². The van der Waals surface area contributed by atoms with E-state index in [0.717, 1.165) is 6.04 Å². The third kappa shape index (κ3) is 2.23. The summed E-state index contributed by atoms with van der Waals surface area (Å²) < 4.78 is 0. The second kappa shape index (κ2) is 4.09. The predicted octanol–water partition coefficient (Wildman–Crippen LogP) is 3.06. The molecule has 0 radical (unpaired) electrons. The van der Waals surface area contributed by atoms with Crippen molar-refractivity contribution in [3.05, 3.63) is 30.1 Å². The molecule has 2 heteroatoms. The largest absolute Gasteiger partial charge is 0.299 e. The molecule has 1 saturated carbocycles. The van der Waals surface area contributed by atoms with Crippen LogP contribution >= 0.6 is 0 Å². The molecule has 1 saturated heterocycles. The van der Waals surface area contributed by atoms with E-state index in [4.69, 9.17) is 0 Å². The van der Waals surface area contributed by atoms with E-state index in [-0.39, 0.29) is 0 Å². The van der Waals surface area contributed by atoms with Crippen LogP contribution in [0.15, 0.2) is 24.4 Å². The molecule has 92 valence electrons. The van der Waals surface area contributed by atoms with Gasteiger partial charge in [0, 0.05) is 36.9 Å². The molecule has 1 aromatic heterocycles. The Morgan fingerprint density at radius 2 is 2.12 bits per heavy atom. The van der Waals surface area contributed by atoms with Crippen LogP contribution in [0.3, 0.4) is 0 Å². The summed E-state index contributed by atoms with van der Waals surface area (Å²) in [6, 6.07) is 7.11. The van der Waals surface area contributed by atoms with Crippen LogP contribution in [-0.4, -0.2) is 29.0 Å². The van der Waals surface area contributed by atoms with Crippen molar-refractivity contribution in [2.45, 2.75) is 45.1 Å². The zero-order valence-electron chi connectivity index (χ0n) is 10.9. The third-order valence-electron chi connectivity index (χ3n) is 4.47. The van der Waals surface area contributed by atoms with E-state index >= 15 is 0 Å². The molecule has 2 nitrogen and oxygen atoms in total. The van der Waals surface area contributed by atoms with Crippen molar-refractivity contribution in [1.82, 2.24) is 9.88 Å². The molecule has 0 bridgehead atoms. The Labute approximate surface area is 104 Å². The number of hydrogen-bond acceptors (Lipinski definition) is 2. The summed E-state index contributed by atoms with van der Waals surface area (Å²) in [6.45, 7) is 7.25. The highest BCUT2D eigenvalue weighted by molar-refractivity contribution is 5.14. The summed E-state index contributed by atoms with van der Waals surface area (Å²) in [6.07, 6.45) is 6.07. The van der Waals surface area contributed by atoms with Crippen LogP contribution in [0.5, 0.6) is 0 Å². The van der Waals surface area contributed by atoms with Crippen molar-refractivity contribution < 1.29 is 0 Å². The van der Waals surface area contributed by atoms with Gasteiger partial charge in [-0.15, -0.1) is 0 Å². The Morgan fingerprint density at radius 3 is 2.71 bits per heavy atom. The van der Waals surface area contributed by atoms with Gasteiger partial charge in [0.25, 0.3) is 0 Å². The fraction of sp³-hybridized carbons (Fsp3) is 0.667. The van der Waals surface area contributed by atoms with Crippen molar-refractivity contribution in [3.8, 4) is 0 Å². The first kappa shape index (κ1) is 11.2. The van der Waals surface area contributed by atoms with Gasteiger partial charge < -0.3 is 0 Å². The van der Waals surface area contributed by atoms with Crippen molar-refractivity contribution in [2.24, 2.45) is 5.41 Å². The lowest BCUT2D eigenvalue weighted by Gasteiger charge is -2.43. The van der Waals surface area contributed by atoms with Crippen LogP contribution in [0.2, 0.25) is 0 Å². The minimum Gasteiger partial charge on any atom is -0.299 e. The number of pyridine rings is 1. The average Bonchev–Trinajstić information content (AvgIpc) is 2.58. The summed E-state index contributed by atoms with van der Waals surface area (Å²) in [4.78, 5) is 7.12. The molecule has 1 unspecified atom stereocenters. The Kier molecular flexibility index (Phi) is 2.70. The summed E-state index contributed by atoms with van der Waals surface area (Å²) in [7, 11) is 0. The van der Waals surface area contributed by atoms with Gasteiger partial charge in [0.05, 0.1) is 0 Å². The van der Waals surface area contributed by atoms with Gasteiger partial charge >= 0.3 is 0 Å². The maximum Gasteiger partial charge on any atom is 0.0460 e. The quantitative estimate of drug-likeness (QED) is 0.776. The summed E-state index contributed by atoms with van der Waals surface area (Å²) in [5.74, 6) is 0.680. The van der Waals surface area contributed by atoms with Gasteiger partial charge in [-0.05, 0) is 36.8 Å². The fourth-order valence-electron chi connectivity index (χ4n) is 3.33. The van der Waals surface area contributed by atoms with Crippen LogP contribution < -0.4 is 0 Å². The normalized spacial score (nSPS) is 29.2. The minimum atomic E-state index is 0.570. The number of hydrogen-bond donors (Lipinski definition) is 0. The van der Waals surface area contributed by atoms with Crippen LogP contribution in [0.25, 0.3) is 0 Å². The maximum absolute atomic E-state index is 4.46. The van der Waals surface area contributed by atoms with Gasteiger partial charge in [-0.1, -0.05) is 19.9 Å². The SMILES string of the molecule is CC1(C)CCC(N2CC(c3ccccn3)C2)C1. The summed E-state index contributed by atoms with van der Waals surface area (Å²) >= 11 is 0. The van der Waals surface area contributed by atoms with Gasteiger partial charge in [0.15, 0.2) is 0 Å². The molecule has 1 atom stereocenters. The van der Waals surface area contributed by atoms with Crippen LogP contribution in [0.4, 0.5) is 0 Å². The highest BCUT2D eigenvalue weighted by atomic mass is 15.2. The fourth-order valence-corrected chi connectivity index (χ4v) is 3.33. The van der Waals surface area contributed by atoms with E-state index in [1.54, 1.807) is 0 Å². The molecule has 2 aliphatic rings. The van der Waals surface area contributed by atoms with Gasteiger partial charge in [-0.2, -0.15) is 0 Å². The highest BCUT2D eigenvalue weighted by Crippen LogP contribution is 2.42. The predicted molar refractivity (Wildman–Crippen MR) is 70.0 cm³/mol. The smallest absolute Gasteiger partial charge is 0.0460 e. The molecule has 1 aliphatic carbocycles. The molecule has 2 fully saturated rings. The lowest BCUT2D eigenvalue weighted by Crippen LogP contribution is -2.50. The van der Waals surface area contributed by atoms with Crippen molar-refractivity contribution >= 4 is 0 Å². The highest BCUT2D eigenvalue weighted by Gasteiger charge is 2.40. The molecule has 0 amide bonds. The van der Waals surface area contributed by atoms with E-state index in [1.807, 2.05) is 12.3 Å². The van der Waals surface area contributed by atoms with Gasteiger partial charge in [0.2, 0.25) is 0 Å². The maximum atomic E-state index is 4.46. The zero-order chi connectivity index (χ0) is 11.9. The molecule has 0 N–H and O–H groups in total. The van der Waals surface area contributed by atoms with Crippen LogP contribution in [0.1, 0.15) is 44.7 Å². The Hall–Kier alpha value is -0.890. The number of likely N-dealkylation sites (tertiary alicyclic amines) is 1. The standard InChI is InChI=1S/C15H22N2/c1-15(2)7-6-13(9-15)17-10-12(11-17)14-5-3-4-8-16-14/h3-5,8,12-13H,6-7,9-11H2,1-2H3. The second-order valence-corrected chi connectivity index (χ2v) is 6.47. The molecule has 0 aromatic carbocycles. The molecule has 1 aromatic rings. The first-order chi connectivity index (χ1) is 8.14. The van der Waals surface area contributed by atoms with Crippen LogP contribution in [-0.2, 0) is 0 Å². The van der Waals surface area contributed by atoms with E-state index in [1.165, 1.54) is 38.0 Å². The topological polar surface area (TPSA) is 16.1 Å². The molecule has 1 aliphatic heterocycles. The van der Waals surface area contributed by atoms with E-state index < -0.39 is 0 Å². The van der Waals surface area contributed by atoms with E-state index in [0.29, 0.717) is 11.3 Å². The third-order valence-corrected chi connectivity index (χ3v) is 4.47. The van der Waals surface area contributed by atoms with Gasteiger partial charge in [-0.3, -0.25) is 9.88 Å².